The largest absolute Gasteiger partial charge is 0.326 e. The third-order valence-corrected chi connectivity index (χ3v) is 5.04. The number of nitro benzene ring substituents is 1. The summed E-state index contributed by atoms with van der Waals surface area (Å²) in [6.45, 7) is 0. The third kappa shape index (κ3) is 5.87. The summed E-state index contributed by atoms with van der Waals surface area (Å²) in [5, 5.41) is 23.9. The molecule has 2 N–H and O–H groups in total. The van der Waals surface area contributed by atoms with Crippen LogP contribution in [0.15, 0.2) is 58.7 Å². The van der Waals surface area contributed by atoms with E-state index >= 15 is 0 Å². The fraction of sp³-hybridized carbons (Fsp3) is 0.111. The van der Waals surface area contributed by atoms with Crippen LogP contribution in [0.1, 0.15) is 12.0 Å². The molecule has 1 aliphatic heterocycles. The average molecular weight is 432 g/mol. The summed E-state index contributed by atoms with van der Waals surface area (Å²) in [7, 11) is 0. The number of hydrogen-bond acceptors (Lipinski definition) is 7. The zero-order valence-corrected chi connectivity index (χ0v) is 16.3. The molecule has 0 aliphatic carbocycles. The number of anilines is 1. The van der Waals surface area contributed by atoms with Crippen LogP contribution in [-0.4, -0.2) is 33.4 Å². The van der Waals surface area contributed by atoms with Crippen molar-refractivity contribution in [2.24, 2.45) is 10.2 Å². The van der Waals surface area contributed by atoms with Gasteiger partial charge in [0.15, 0.2) is 5.17 Å². The Kier molecular flexibility index (Phi) is 6.57. The van der Waals surface area contributed by atoms with E-state index in [1.165, 1.54) is 24.4 Å². The maximum atomic E-state index is 12.1. The Morgan fingerprint density at radius 2 is 2.07 bits per heavy atom. The number of hydrogen-bond donors (Lipinski definition) is 2. The van der Waals surface area contributed by atoms with Gasteiger partial charge < -0.3 is 10.6 Å². The highest BCUT2D eigenvalue weighted by molar-refractivity contribution is 8.15. The number of rotatable bonds is 6. The maximum Gasteiger partial charge on any atom is 0.270 e. The molecule has 1 heterocycles. The van der Waals surface area contributed by atoms with E-state index in [1.54, 1.807) is 30.3 Å². The van der Waals surface area contributed by atoms with Crippen molar-refractivity contribution in [3.63, 3.8) is 0 Å². The Morgan fingerprint density at radius 1 is 1.31 bits per heavy atom. The predicted molar refractivity (Wildman–Crippen MR) is 112 cm³/mol. The van der Waals surface area contributed by atoms with Crippen molar-refractivity contribution in [2.45, 2.75) is 11.7 Å². The molecule has 11 heteroatoms. The summed E-state index contributed by atoms with van der Waals surface area (Å²) < 4.78 is 0. The second-order valence-electron chi connectivity index (χ2n) is 5.86. The lowest BCUT2D eigenvalue weighted by Crippen LogP contribution is -2.28. The van der Waals surface area contributed by atoms with E-state index in [1.807, 2.05) is 0 Å². The van der Waals surface area contributed by atoms with Gasteiger partial charge in [-0.25, -0.2) is 0 Å². The number of carbonyl (C=O) groups excluding carboxylic acids is 2. The lowest BCUT2D eigenvalue weighted by atomic mass is 10.2. The molecule has 9 nitrogen and oxygen atoms in total. The third-order valence-electron chi connectivity index (χ3n) is 3.71. The fourth-order valence-electron chi connectivity index (χ4n) is 2.37. The highest BCUT2D eigenvalue weighted by Gasteiger charge is 2.32. The Hall–Kier alpha value is -3.24. The van der Waals surface area contributed by atoms with Crippen LogP contribution < -0.4 is 10.6 Å². The predicted octanol–water partition coefficient (Wildman–Crippen LogP) is 3.20. The van der Waals surface area contributed by atoms with Gasteiger partial charge in [0.25, 0.3) is 5.69 Å². The number of carbonyl (C=O) groups is 2. The van der Waals surface area contributed by atoms with E-state index in [9.17, 15) is 19.7 Å². The van der Waals surface area contributed by atoms with Gasteiger partial charge in [0.2, 0.25) is 11.8 Å². The molecule has 1 atom stereocenters. The molecule has 0 bridgehead atoms. The van der Waals surface area contributed by atoms with Gasteiger partial charge in [-0.15, -0.1) is 5.10 Å². The van der Waals surface area contributed by atoms with Gasteiger partial charge in [0, 0.05) is 34.8 Å². The Labute approximate surface area is 174 Å². The molecular weight excluding hydrogens is 418 g/mol. The molecule has 29 heavy (non-hydrogen) atoms. The lowest BCUT2D eigenvalue weighted by molar-refractivity contribution is -0.384. The van der Waals surface area contributed by atoms with Crippen molar-refractivity contribution in [1.29, 1.82) is 0 Å². The zero-order chi connectivity index (χ0) is 20.8. The normalized spacial score (nSPS) is 17.5. The summed E-state index contributed by atoms with van der Waals surface area (Å²) in [5.74, 6) is -0.660. The molecule has 0 radical (unpaired) electrons. The number of nitrogens with one attached hydrogen (secondary N) is 2. The molecule has 0 aromatic heterocycles. The summed E-state index contributed by atoms with van der Waals surface area (Å²) >= 11 is 6.89. The number of thioether (sulfide) groups is 1. The van der Waals surface area contributed by atoms with Crippen molar-refractivity contribution >= 4 is 57.9 Å². The Balaban J connectivity index is 1.56. The van der Waals surface area contributed by atoms with E-state index in [2.05, 4.69) is 20.8 Å². The first kappa shape index (κ1) is 20.5. The molecule has 1 aliphatic rings. The fourth-order valence-corrected chi connectivity index (χ4v) is 3.42. The number of benzene rings is 2. The van der Waals surface area contributed by atoms with Crippen LogP contribution in [0.5, 0.6) is 0 Å². The van der Waals surface area contributed by atoms with Crippen LogP contribution in [0.3, 0.4) is 0 Å². The van der Waals surface area contributed by atoms with Gasteiger partial charge in [-0.3, -0.25) is 19.7 Å². The van der Waals surface area contributed by atoms with Crippen molar-refractivity contribution in [3.05, 3.63) is 69.2 Å². The first-order chi connectivity index (χ1) is 13.9. The summed E-state index contributed by atoms with van der Waals surface area (Å²) in [5.41, 5.74) is 1.02. The van der Waals surface area contributed by atoms with Gasteiger partial charge in [-0.1, -0.05) is 35.5 Å². The average Bonchev–Trinajstić information content (AvgIpc) is 3.03. The minimum absolute atomic E-state index is 0.0350. The van der Waals surface area contributed by atoms with Crippen LogP contribution >= 0.6 is 23.4 Å². The maximum absolute atomic E-state index is 12.1. The lowest BCUT2D eigenvalue weighted by Gasteiger charge is -2.07. The highest BCUT2D eigenvalue weighted by atomic mass is 35.5. The van der Waals surface area contributed by atoms with Crippen molar-refractivity contribution in [3.8, 4) is 0 Å². The van der Waals surface area contributed by atoms with E-state index in [4.69, 9.17) is 11.6 Å². The topological polar surface area (TPSA) is 126 Å². The SMILES string of the molecule is O=C(CC1S/C(=N/N=C/c2cccc([N+](=O)[O-])c2)NC1=O)Nc1ccc(Cl)cc1. The molecule has 0 saturated carbocycles. The Morgan fingerprint density at radius 3 is 2.79 bits per heavy atom. The minimum Gasteiger partial charge on any atom is -0.326 e. The van der Waals surface area contributed by atoms with Crippen molar-refractivity contribution in [1.82, 2.24) is 5.32 Å². The smallest absolute Gasteiger partial charge is 0.270 e. The summed E-state index contributed by atoms with van der Waals surface area (Å²) in [6.07, 6.45) is 1.31. The van der Waals surface area contributed by atoms with E-state index < -0.39 is 10.2 Å². The van der Waals surface area contributed by atoms with Crippen LogP contribution in [0, 0.1) is 10.1 Å². The van der Waals surface area contributed by atoms with Crippen LogP contribution in [0.25, 0.3) is 0 Å². The molecule has 1 saturated heterocycles. The molecule has 1 fully saturated rings. The van der Waals surface area contributed by atoms with Crippen LogP contribution in [0.2, 0.25) is 5.02 Å². The zero-order valence-electron chi connectivity index (χ0n) is 14.7. The van der Waals surface area contributed by atoms with E-state index in [0.29, 0.717) is 16.3 Å². The van der Waals surface area contributed by atoms with Crippen LogP contribution in [-0.2, 0) is 9.59 Å². The van der Waals surface area contributed by atoms with Gasteiger partial charge in [0.1, 0.15) is 5.25 Å². The summed E-state index contributed by atoms with van der Waals surface area (Å²) in [6, 6.07) is 12.5. The number of nitrogens with zero attached hydrogens (tertiary/aromatic N) is 3. The monoisotopic (exact) mass is 431 g/mol. The molecule has 148 valence electrons. The Bertz CT molecular complexity index is 1010. The number of amides is 2. The molecule has 0 spiro atoms. The molecule has 2 amide bonds. The second-order valence-corrected chi connectivity index (χ2v) is 7.48. The number of non-ortho nitro benzene ring substituents is 1. The van der Waals surface area contributed by atoms with Gasteiger partial charge in [0.05, 0.1) is 11.1 Å². The summed E-state index contributed by atoms with van der Waals surface area (Å²) in [4.78, 5) is 34.4. The number of nitro groups is 1. The van der Waals surface area contributed by atoms with E-state index in [0.717, 1.165) is 11.8 Å². The molecule has 2 aromatic carbocycles. The van der Waals surface area contributed by atoms with Crippen LogP contribution in [0.4, 0.5) is 11.4 Å². The van der Waals surface area contributed by atoms with E-state index in [-0.39, 0.29) is 29.1 Å². The first-order valence-corrected chi connectivity index (χ1v) is 9.55. The quantitative estimate of drug-likeness (QED) is 0.412. The van der Waals surface area contributed by atoms with Crippen molar-refractivity contribution < 1.29 is 14.5 Å². The highest BCUT2D eigenvalue weighted by Crippen LogP contribution is 2.23. The van der Waals surface area contributed by atoms with Gasteiger partial charge in [-0.05, 0) is 24.3 Å². The van der Waals surface area contributed by atoms with Gasteiger partial charge >= 0.3 is 0 Å². The molecule has 2 aromatic rings. The van der Waals surface area contributed by atoms with Crippen molar-refractivity contribution in [2.75, 3.05) is 5.32 Å². The molecule has 1 unspecified atom stereocenters. The number of amidine groups is 1. The number of halogens is 1. The standard InChI is InChI=1S/C18H14ClN5O4S/c19-12-4-6-13(7-5-12)21-16(25)9-15-17(26)22-18(29-15)23-20-10-11-2-1-3-14(8-11)24(27)28/h1-8,10,15H,9H2,(H,21,25)(H,22,23,26)/b20-10+. The molecular formula is C18H14ClN5O4S. The molecule has 3 rings (SSSR count). The first-order valence-electron chi connectivity index (χ1n) is 8.29. The second kappa shape index (κ2) is 9.30. The van der Waals surface area contributed by atoms with Gasteiger partial charge in [-0.2, -0.15) is 5.10 Å². The minimum atomic E-state index is -0.630.